The molecule has 0 aromatic heterocycles. The Bertz CT molecular complexity index is 1550. The van der Waals surface area contributed by atoms with Crippen LogP contribution in [0.5, 0.6) is 17.2 Å². The number of hydrogen-bond acceptors (Lipinski definition) is 9. The van der Waals surface area contributed by atoms with Crippen LogP contribution in [0.3, 0.4) is 0 Å². The van der Waals surface area contributed by atoms with E-state index in [2.05, 4.69) is 0 Å². The van der Waals surface area contributed by atoms with Gasteiger partial charge in [0.2, 0.25) is 5.75 Å². The van der Waals surface area contributed by atoms with Crippen molar-refractivity contribution in [3.63, 3.8) is 0 Å². The Kier molecular flexibility index (Phi) is 8.38. The van der Waals surface area contributed by atoms with Crippen LogP contribution in [0.15, 0.2) is 59.5 Å². The Morgan fingerprint density at radius 2 is 1.69 bits per heavy atom. The van der Waals surface area contributed by atoms with E-state index >= 15 is 0 Å². The molecule has 1 heterocycles. The van der Waals surface area contributed by atoms with Gasteiger partial charge in [-0.2, -0.15) is 0 Å². The third-order valence-corrected chi connectivity index (χ3v) is 6.85. The maximum atomic E-state index is 13.0. The van der Waals surface area contributed by atoms with Gasteiger partial charge in [0, 0.05) is 16.1 Å². The van der Waals surface area contributed by atoms with Crippen LogP contribution in [-0.2, 0) is 11.3 Å². The van der Waals surface area contributed by atoms with E-state index in [1.807, 2.05) is 0 Å². The average molecular weight is 590 g/mol. The first-order valence-electron chi connectivity index (χ1n) is 11.1. The number of amides is 2. The molecule has 14 heteroatoms. The Morgan fingerprint density at radius 3 is 2.36 bits per heavy atom. The Labute approximate surface area is 235 Å². The van der Waals surface area contributed by atoms with E-state index in [0.29, 0.717) is 21.2 Å². The van der Waals surface area contributed by atoms with E-state index < -0.39 is 32.4 Å². The summed E-state index contributed by atoms with van der Waals surface area (Å²) in [6, 6.07) is 12.4. The molecular weight excluding hydrogens is 573 g/mol. The molecule has 1 aliphatic heterocycles. The van der Waals surface area contributed by atoms with Gasteiger partial charge < -0.3 is 9.47 Å². The van der Waals surface area contributed by atoms with Crippen LogP contribution in [0.4, 0.5) is 16.2 Å². The minimum absolute atomic E-state index is 0.0248. The third kappa shape index (κ3) is 6.30. The summed E-state index contributed by atoms with van der Waals surface area (Å²) in [4.78, 5) is 47.7. The van der Waals surface area contributed by atoms with Crippen LogP contribution in [0.2, 0.25) is 10.0 Å². The summed E-state index contributed by atoms with van der Waals surface area (Å²) in [7, 11) is 0. The molecular formula is C25H17Cl2N3O8S. The SMILES string of the molecule is CCOc1cc(/C=C2/SC(=O)N(Cc3ccc(Cl)cc3Cl)C2=O)ccc1Oc1ccc([N+](=O)[O-])cc1[N+](=O)[O-]. The monoisotopic (exact) mass is 589 g/mol. The molecule has 0 N–H and O–H groups in total. The van der Waals surface area contributed by atoms with Crippen molar-refractivity contribution in [2.75, 3.05) is 6.61 Å². The molecule has 0 radical (unpaired) electrons. The number of ether oxygens (including phenoxy) is 2. The zero-order chi connectivity index (χ0) is 28.3. The molecule has 39 heavy (non-hydrogen) atoms. The van der Waals surface area contributed by atoms with Gasteiger partial charge in [-0.3, -0.25) is 34.7 Å². The Morgan fingerprint density at radius 1 is 0.949 bits per heavy atom. The zero-order valence-corrected chi connectivity index (χ0v) is 22.3. The summed E-state index contributed by atoms with van der Waals surface area (Å²) >= 11 is 12.9. The van der Waals surface area contributed by atoms with Crippen molar-refractivity contribution in [1.82, 2.24) is 4.90 Å². The number of benzene rings is 3. The van der Waals surface area contributed by atoms with E-state index in [4.69, 9.17) is 32.7 Å². The molecule has 1 saturated heterocycles. The van der Waals surface area contributed by atoms with Crippen molar-refractivity contribution in [1.29, 1.82) is 0 Å². The fourth-order valence-electron chi connectivity index (χ4n) is 3.54. The number of imide groups is 1. The van der Waals surface area contributed by atoms with Gasteiger partial charge in [-0.15, -0.1) is 0 Å². The van der Waals surface area contributed by atoms with Gasteiger partial charge in [0.15, 0.2) is 11.5 Å². The summed E-state index contributed by atoms with van der Waals surface area (Å²) in [5, 5.41) is 22.8. The number of nitrogens with zero attached hydrogens (tertiary/aromatic N) is 3. The number of carbonyl (C=O) groups is 2. The molecule has 0 saturated carbocycles. The van der Waals surface area contributed by atoms with Crippen LogP contribution >= 0.6 is 35.0 Å². The Hall–Kier alpha value is -4.13. The van der Waals surface area contributed by atoms with Gasteiger partial charge in [0.25, 0.3) is 16.8 Å². The Balaban J connectivity index is 1.60. The number of carbonyl (C=O) groups excluding carboxylic acids is 2. The highest BCUT2D eigenvalue weighted by Gasteiger charge is 2.35. The van der Waals surface area contributed by atoms with E-state index in [-0.39, 0.29) is 35.3 Å². The molecule has 4 rings (SSSR count). The maximum Gasteiger partial charge on any atom is 0.318 e. The lowest BCUT2D eigenvalue weighted by Crippen LogP contribution is -2.27. The van der Waals surface area contributed by atoms with Crippen molar-refractivity contribution in [2.24, 2.45) is 0 Å². The minimum Gasteiger partial charge on any atom is -0.490 e. The van der Waals surface area contributed by atoms with Gasteiger partial charge in [0.05, 0.1) is 34.0 Å². The van der Waals surface area contributed by atoms with E-state index in [9.17, 15) is 29.8 Å². The van der Waals surface area contributed by atoms with Gasteiger partial charge in [-0.1, -0.05) is 35.3 Å². The number of thioether (sulfide) groups is 1. The fraction of sp³-hybridized carbons (Fsp3) is 0.120. The van der Waals surface area contributed by atoms with Crippen LogP contribution in [0.25, 0.3) is 6.08 Å². The normalized spacial score (nSPS) is 14.1. The first-order chi connectivity index (χ1) is 18.6. The molecule has 200 valence electrons. The molecule has 0 bridgehead atoms. The predicted octanol–water partition coefficient (Wildman–Crippen LogP) is 7.24. The second kappa shape index (κ2) is 11.7. The average Bonchev–Trinajstić information content (AvgIpc) is 3.14. The van der Waals surface area contributed by atoms with Crippen molar-refractivity contribution in [3.05, 3.63) is 101 Å². The molecule has 2 amide bonds. The largest absolute Gasteiger partial charge is 0.490 e. The van der Waals surface area contributed by atoms with Gasteiger partial charge in [-0.05, 0) is 66.2 Å². The van der Waals surface area contributed by atoms with Crippen molar-refractivity contribution < 1.29 is 28.9 Å². The predicted molar refractivity (Wildman–Crippen MR) is 145 cm³/mol. The van der Waals surface area contributed by atoms with E-state index in [1.54, 1.807) is 31.2 Å². The summed E-state index contributed by atoms with van der Waals surface area (Å²) in [5.74, 6) is -0.417. The number of hydrogen-bond donors (Lipinski definition) is 0. The molecule has 1 fully saturated rings. The molecule has 11 nitrogen and oxygen atoms in total. The summed E-state index contributed by atoms with van der Waals surface area (Å²) in [5.41, 5.74) is 0.0102. The summed E-state index contributed by atoms with van der Waals surface area (Å²) < 4.78 is 11.3. The molecule has 3 aromatic carbocycles. The van der Waals surface area contributed by atoms with Crippen LogP contribution in [-0.4, -0.2) is 32.5 Å². The highest BCUT2D eigenvalue weighted by atomic mass is 35.5. The molecule has 0 spiro atoms. The van der Waals surface area contributed by atoms with E-state index in [1.165, 1.54) is 18.2 Å². The molecule has 0 atom stereocenters. The maximum absolute atomic E-state index is 13.0. The third-order valence-electron chi connectivity index (χ3n) is 5.35. The lowest BCUT2D eigenvalue weighted by molar-refractivity contribution is -0.394. The number of nitro benzene ring substituents is 2. The minimum atomic E-state index is -0.787. The smallest absolute Gasteiger partial charge is 0.318 e. The second-order valence-electron chi connectivity index (χ2n) is 7.91. The zero-order valence-electron chi connectivity index (χ0n) is 20.0. The number of nitro groups is 2. The highest BCUT2D eigenvalue weighted by Crippen LogP contribution is 2.40. The summed E-state index contributed by atoms with van der Waals surface area (Å²) in [6.07, 6.45) is 1.51. The molecule has 1 aliphatic rings. The standard InChI is InChI=1S/C25H17Cl2N3O8S/c1-2-37-22-9-14(3-7-21(22)38-20-8-6-17(29(33)34)12-19(20)30(35)36)10-23-24(31)28(25(32)39-23)13-15-4-5-16(26)11-18(15)27/h3-12H,2,13H2,1H3/b23-10+. The van der Waals surface area contributed by atoms with Crippen molar-refractivity contribution >= 4 is 63.6 Å². The van der Waals surface area contributed by atoms with Gasteiger partial charge in [0.1, 0.15) is 0 Å². The molecule has 0 aliphatic carbocycles. The topological polar surface area (TPSA) is 142 Å². The van der Waals surface area contributed by atoms with Crippen LogP contribution in [0, 0.1) is 20.2 Å². The lowest BCUT2D eigenvalue weighted by Gasteiger charge is -2.14. The molecule has 0 unspecified atom stereocenters. The quantitative estimate of drug-likeness (QED) is 0.143. The number of halogens is 2. The first kappa shape index (κ1) is 27.9. The van der Waals surface area contributed by atoms with Gasteiger partial charge >= 0.3 is 5.69 Å². The second-order valence-corrected chi connectivity index (χ2v) is 9.75. The first-order valence-corrected chi connectivity index (χ1v) is 12.7. The van der Waals surface area contributed by atoms with Gasteiger partial charge in [-0.25, -0.2) is 0 Å². The van der Waals surface area contributed by atoms with Crippen LogP contribution < -0.4 is 9.47 Å². The number of non-ortho nitro benzene ring substituents is 1. The number of rotatable bonds is 9. The fourth-order valence-corrected chi connectivity index (χ4v) is 4.85. The van der Waals surface area contributed by atoms with Crippen LogP contribution in [0.1, 0.15) is 18.1 Å². The van der Waals surface area contributed by atoms with Crippen molar-refractivity contribution in [3.8, 4) is 17.2 Å². The van der Waals surface area contributed by atoms with E-state index in [0.717, 1.165) is 34.9 Å². The van der Waals surface area contributed by atoms with Crippen molar-refractivity contribution in [2.45, 2.75) is 13.5 Å². The lowest BCUT2D eigenvalue weighted by atomic mass is 10.1. The molecule has 3 aromatic rings. The summed E-state index contributed by atoms with van der Waals surface area (Å²) in [6.45, 7) is 1.92. The highest BCUT2D eigenvalue weighted by molar-refractivity contribution is 8.18.